The average molecular weight is 335 g/mol. The number of ether oxygens (including phenoxy) is 2. The third-order valence-corrected chi connectivity index (χ3v) is 3.80. The highest BCUT2D eigenvalue weighted by Gasteiger charge is 2.10. The van der Waals surface area contributed by atoms with Gasteiger partial charge in [0.15, 0.2) is 0 Å². The fraction of sp³-hybridized carbons (Fsp3) is 0.529. The van der Waals surface area contributed by atoms with Crippen molar-refractivity contribution in [3.63, 3.8) is 0 Å². The lowest BCUT2D eigenvalue weighted by atomic mass is 10.2. The van der Waals surface area contributed by atoms with Crippen LogP contribution in [-0.2, 0) is 14.3 Å². The highest BCUT2D eigenvalue weighted by atomic mass is 16.5. The van der Waals surface area contributed by atoms with Crippen LogP contribution in [0.1, 0.15) is 16.8 Å². The first-order valence-electron chi connectivity index (χ1n) is 8.18. The van der Waals surface area contributed by atoms with Gasteiger partial charge in [0, 0.05) is 44.8 Å². The van der Waals surface area contributed by atoms with E-state index in [1.807, 2.05) is 0 Å². The molecule has 1 aromatic carbocycles. The summed E-state index contributed by atoms with van der Waals surface area (Å²) in [5.41, 5.74) is 1.01. The quantitative estimate of drug-likeness (QED) is 0.538. The number of amides is 1. The molecule has 0 aliphatic carbocycles. The van der Waals surface area contributed by atoms with Gasteiger partial charge in [0.2, 0.25) is 5.91 Å². The normalized spacial score (nSPS) is 15.0. The van der Waals surface area contributed by atoms with E-state index in [-0.39, 0.29) is 5.91 Å². The minimum atomic E-state index is -0.420. The van der Waals surface area contributed by atoms with Gasteiger partial charge >= 0.3 is 5.97 Å². The van der Waals surface area contributed by atoms with E-state index in [4.69, 9.17) is 4.74 Å². The molecule has 7 nitrogen and oxygen atoms in total. The number of benzene rings is 1. The second-order valence-corrected chi connectivity index (χ2v) is 5.57. The Balaban J connectivity index is 1.63. The Hall–Kier alpha value is -1.96. The summed E-state index contributed by atoms with van der Waals surface area (Å²) in [4.78, 5) is 25.7. The van der Waals surface area contributed by atoms with Gasteiger partial charge in [0.1, 0.15) is 0 Å². The number of hydrogen-bond donors (Lipinski definition) is 2. The molecule has 1 aliphatic rings. The van der Waals surface area contributed by atoms with Crippen molar-refractivity contribution in [1.82, 2.24) is 10.2 Å². The van der Waals surface area contributed by atoms with Gasteiger partial charge in [-0.25, -0.2) is 4.79 Å². The van der Waals surface area contributed by atoms with Gasteiger partial charge in [0.25, 0.3) is 0 Å². The Kier molecular flexibility index (Phi) is 7.67. The minimum absolute atomic E-state index is 0.0871. The predicted octanol–water partition coefficient (Wildman–Crippen LogP) is 0.724. The number of carbonyl (C=O) groups excluding carboxylic acids is 2. The smallest absolute Gasteiger partial charge is 0.337 e. The molecule has 0 radical (unpaired) electrons. The standard InChI is InChI=1S/C17H25N3O4/c1-23-17(22)14-3-2-4-15(13-14)19-16(21)5-6-18-7-8-20-9-11-24-12-10-20/h2-4,13,18H,5-12H2,1H3,(H,19,21). The van der Waals surface area contributed by atoms with Crippen LogP contribution in [0.4, 0.5) is 5.69 Å². The number of rotatable bonds is 8. The largest absolute Gasteiger partial charge is 0.465 e. The van der Waals surface area contributed by atoms with Gasteiger partial charge in [0.05, 0.1) is 25.9 Å². The van der Waals surface area contributed by atoms with Crippen molar-refractivity contribution in [3.8, 4) is 0 Å². The van der Waals surface area contributed by atoms with Crippen molar-refractivity contribution in [1.29, 1.82) is 0 Å². The highest BCUT2D eigenvalue weighted by Crippen LogP contribution is 2.11. The Morgan fingerprint density at radius 3 is 2.79 bits per heavy atom. The molecule has 0 bridgehead atoms. The van der Waals surface area contributed by atoms with Crippen LogP contribution >= 0.6 is 0 Å². The first-order chi connectivity index (χ1) is 11.7. The van der Waals surface area contributed by atoms with Gasteiger partial charge in [-0.3, -0.25) is 9.69 Å². The molecule has 1 aliphatic heterocycles. The lowest BCUT2D eigenvalue weighted by molar-refractivity contribution is -0.116. The van der Waals surface area contributed by atoms with E-state index in [2.05, 4.69) is 20.3 Å². The second kappa shape index (κ2) is 10.0. The van der Waals surface area contributed by atoms with E-state index in [0.717, 1.165) is 39.4 Å². The highest BCUT2D eigenvalue weighted by molar-refractivity contribution is 5.94. The molecule has 0 saturated carbocycles. The predicted molar refractivity (Wildman–Crippen MR) is 91.2 cm³/mol. The van der Waals surface area contributed by atoms with Gasteiger partial charge in [-0.1, -0.05) is 6.07 Å². The number of nitrogens with zero attached hydrogens (tertiary/aromatic N) is 1. The maximum absolute atomic E-state index is 11.9. The summed E-state index contributed by atoms with van der Waals surface area (Å²) in [6.45, 7) is 5.97. The molecular formula is C17H25N3O4. The molecule has 2 rings (SSSR count). The van der Waals surface area contributed by atoms with Gasteiger partial charge in [-0.05, 0) is 18.2 Å². The number of carbonyl (C=O) groups is 2. The van der Waals surface area contributed by atoms with Crippen LogP contribution in [0, 0.1) is 0 Å². The Morgan fingerprint density at radius 2 is 2.04 bits per heavy atom. The second-order valence-electron chi connectivity index (χ2n) is 5.57. The molecular weight excluding hydrogens is 310 g/mol. The average Bonchev–Trinajstić information content (AvgIpc) is 2.62. The van der Waals surface area contributed by atoms with Crippen LogP contribution in [0.15, 0.2) is 24.3 Å². The van der Waals surface area contributed by atoms with Crippen molar-refractivity contribution in [2.24, 2.45) is 0 Å². The van der Waals surface area contributed by atoms with Crippen LogP contribution in [0.2, 0.25) is 0 Å². The summed E-state index contributed by atoms with van der Waals surface area (Å²) < 4.78 is 9.97. The Morgan fingerprint density at radius 1 is 1.25 bits per heavy atom. The summed E-state index contributed by atoms with van der Waals surface area (Å²) in [5, 5.41) is 6.06. The summed E-state index contributed by atoms with van der Waals surface area (Å²) >= 11 is 0. The fourth-order valence-electron chi connectivity index (χ4n) is 2.45. The first-order valence-corrected chi connectivity index (χ1v) is 8.18. The Bertz CT molecular complexity index is 544. The van der Waals surface area contributed by atoms with E-state index >= 15 is 0 Å². The molecule has 7 heteroatoms. The topological polar surface area (TPSA) is 79.9 Å². The van der Waals surface area contributed by atoms with E-state index in [1.165, 1.54) is 7.11 Å². The summed E-state index contributed by atoms with van der Waals surface area (Å²) in [6, 6.07) is 6.71. The zero-order valence-electron chi connectivity index (χ0n) is 14.0. The number of esters is 1. The Labute approximate surface area is 142 Å². The molecule has 0 atom stereocenters. The molecule has 0 aromatic heterocycles. The number of anilines is 1. The molecule has 0 unspecified atom stereocenters. The number of nitrogens with one attached hydrogen (secondary N) is 2. The zero-order valence-corrected chi connectivity index (χ0v) is 14.0. The van der Waals surface area contributed by atoms with E-state index in [0.29, 0.717) is 24.2 Å². The van der Waals surface area contributed by atoms with Crippen molar-refractivity contribution >= 4 is 17.6 Å². The SMILES string of the molecule is COC(=O)c1cccc(NC(=O)CCNCCN2CCOCC2)c1. The summed E-state index contributed by atoms with van der Waals surface area (Å²) in [7, 11) is 1.33. The van der Waals surface area contributed by atoms with Crippen LogP contribution in [0.3, 0.4) is 0 Å². The zero-order chi connectivity index (χ0) is 17.2. The van der Waals surface area contributed by atoms with Crippen LogP contribution in [0.5, 0.6) is 0 Å². The summed E-state index contributed by atoms with van der Waals surface area (Å²) in [6.07, 6.45) is 0.381. The van der Waals surface area contributed by atoms with Crippen LogP contribution < -0.4 is 10.6 Å². The third-order valence-electron chi connectivity index (χ3n) is 3.80. The van der Waals surface area contributed by atoms with E-state index < -0.39 is 5.97 Å². The molecule has 1 heterocycles. The monoisotopic (exact) mass is 335 g/mol. The maximum atomic E-state index is 11.9. The molecule has 2 N–H and O–H groups in total. The van der Waals surface area contributed by atoms with Gasteiger partial charge in [-0.2, -0.15) is 0 Å². The summed E-state index contributed by atoms with van der Waals surface area (Å²) in [5.74, 6) is -0.508. The molecule has 1 aromatic rings. The maximum Gasteiger partial charge on any atom is 0.337 e. The minimum Gasteiger partial charge on any atom is -0.465 e. The molecule has 0 spiro atoms. The molecule has 1 amide bonds. The van der Waals surface area contributed by atoms with Crippen LogP contribution in [-0.4, -0.2) is 69.8 Å². The van der Waals surface area contributed by atoms with Crippen LogP contribution in [0.25, 0.3) is 0 Å². The lowest BCUT2D eigenvalue weighted by Crippen LogP contribution is -2.40. The van der Waals surface area contributed by atoms with Crippen molar-refractivity contribution in [3.05, 3.63) is 29.8 Å². The third kappa shape index (κ3) is 6.27. The number of hydrogen-bond acceptors (Lipinski definition) is 6. The molecule has 1 fully saturated rings. The fourth-order valence-corrected chi connectivity index (χ4v) is 2.45. The van der Waals surface area contributed by atoms with E-state index in [1.54, 1.807) is 24.3 Å². The van der Waals surface area contributed by atoms with Gasteiger partial charge in [-0.15, -0.1) is 0 Å². The number of methoxy groups -OCH3 is 1. The van der Waals surface area contributed by atoms with Crippen molar-refractivity contribution in [2.75, 3.05) is 58.4 Å². The molecule has 1 saturated heterocycles. The van der Waals surface area contributed by atoms with Crippen molar-refractivity contribution in [2.45, 2.75) is 6.42 Å². The molecule has 132 valence electrons. The van der Waals surface area contributed by atoms with Gasteiger partial charge < -0.3 is 20.1 Å². The molecule has 24 heavy (non-hydrogen) atoms. The number of morpholine rings is 1. The first kappa shape index (κ1) is 18.4. The van der Waals surface area contributed by atoms with E-state index in [9.17, 15) is 9.59 Å². The lowest BCUT2D eigenvalue weighted by Gasteiger charge is -2.26. The van der Waals surface area contributed by atoms with Crippen molar-refractivity contribution < 1.29 is 19.1 Å².